The predicted molar refractivity (Wildman–Crippen MR) is 113 cm³/mol. The summed E-state index contributed by atoms with van der Waals surface area (Å²) in [5.74, 6) is 0.905. The number of benzene rings is 1. The quantitative estimate of drug-likeness (QED) is 0.726. The zero-order chi connectivity index (χ0) is 20.3. The fourth-order valence-electron chi connectivity index (χ4n) is 2.83. The molecule has 1 aromatic heterocycles. The van der Waals surface area contributed by atoms with Crippen molar-refractivity contribution in [2.45, 2.75) is 33.6 Å². The molecular formula is C21H24ClN5O. The lowest BCUT2D eigenvalue weighted by molar-refractivity contribution is 0.179. The maximum atomic E-state index is 6.43. The highest BCUT2D eigenvalue weighted by atomic mass is 35.5. The highest BCUT2D eigenvalue weighted by molar-refractivity contribution is 6.34. The van der Waals surface area contributed by atoms with E-state index in [0.29, 0.717) is 16.7 Å². The Morgan fingerprint density at radius 3 is 2.71 bits per heavy atom. The van der Waals surface area contributed by atoms with Gasteiger partial charge in [-0.05, 0) is 57.9 Å². The Kier molecular flexibility index (Phi) is 5.99. The number of aryl methyl sites for hydroxylation is 2. The molecule has 0 saturated carbocycles. The van der Waals surface area contributed by atoms with Crippen LogP contribution in [0.2, 0.25) is 5.02 Å². The lowest BCUT2D eigenvalue weighted by atomic mass is 10.0. The van der Waals surface area contributed by atoms with Crippen LogP contribution in [0.1, 0.15) is 43.9 Å². The van der Waals surface area contributed by atoms with E-state index in [1.54, 1.807) is 4.68 Å². The molecule has 0 atom stereocenters. The Hall–Kier alpha value is -2.86. The van der Waals surface area contributed by atoms with Gasteiger partial charge in [0.1, 0.15) is 0 Å². The Morgan fingerprint density at radius 1 is 1.32 bits per heavy atom. The molecule has 0 spiro atoms. The van der Waals surface area contributed by atoms with Crippen LogP contribution in [0.25, 0.3) is 0 Å². The summed E-state index contributed by atoms with van der Waals surface area (Å²) in [5, 5.41) is 4.83. The average molecular weight is 398 g/mol. The highest BCUT2D eigenvalue weighted by Gasteiger charge is 2.15. The summed E-state index contributed by atoms with van der Waals surface area (Å²) < 4.78 is 1.78. The number of hydroxylamine groups is 1. The monoisotopic (exact) mass is 397 g/mol. The van der Waals surface area contributed by atoms with Gasteiger partial charge in [-0.3, -0.25) is 9.67 Å². The van der Waals surface area contributed by atoms with Crippen LogP contribution in [-0.2, 0) is 18.3 Å². The summed E-state index contributed by atoms with van der Waals surface area (Å²) in [7, 11) is 1.90. The summed E-state index contributed by atoms with van der Waals surface area (Å²) in [6, 6.07) is 5.97. The van der Waals surface area contributed by atoms with Crippen molar-refractivity contribution in [1.82, 2.24) is 15.3 Å². The molecule has 3 rings (SSSR count). The third kappa shape index (κ3) is 4.70. The first-order valence-electron chi connectivity index (χ1n) is 9.03. The van der Waals surface area contributed by atoms with Crippen molar-refractivity contribution in [2.75, 3.05) is 0 Å². The second-order valence-corrected chi connectivity index (χ2v) is 7.25. The molecule has 2 heterocycles. The van der Waals surface area contributed by atoms with Gasteiger partial charge in [0.25, 0.3) is 0 Å². The second-order valence-electron chi connectivity index (χ2n) is 6.84. The Bertz CT molecular complexity index is 1000. The van der Waals surface area contributed by atoms with Crippen molar-refractivity contribution < 1.29 is 4.84 Å². The second kappa shape index (κ2) is 8.44. The lowest BCUT2D eigenvalue weighted by Gasteiger charge is -2.08. The number of allylic oxidation sites excluding steroid dienone is 2. The van der Waals surface area contributed by atoms with Gasteiger partial charge in [0.2, 0.25) is 5.88 Å². The molecule has 1 N–H and O–H groups in total. The predicted octanol–water partition coefficient (Wildman–Crippen LogP) is 4.56. The van der Waals surface area contributed by atoms with Gasteiger partial charge in [-0.1, -0.05) is 23.2 Å². The van der Waals surface area contributed by atoms with E-state index in [0.717, 1.165) is 40.9 Å². The molecule has 0 aliphatic carbocycles. The number of nitrogens with zero attached hydrogens (tertiary/aromatic N) is 4. The van der Waals surface area contributed by atoms with Crippen LogP contribution in [0.3, 0.4) is 0 Å². The Balaban J connectivity index is 1.67. The molecular weight excluding hydrogens is 374 g/mol. The molecule has 1 aliphatic heterocycles. The van der Waals surface area contributed by atoms with Crippen molar-refractivity contribution in [2.24, 2.45) is 17.0 Å². The van der Waals surface area contributed by atoms with E-state index >= 15 is 0 Å². The number of rotatable bonds is 6. The molecule has 7 heteroatoms. The third-order valence-electron chi connectivity index (χ3n) is 4.66. The molecule has 2 aromatic rings. The van der Waals surface area contributed by atoms with Crippen LogP contribution in [0.15, 0.2) is 64.3 Å². The van der Waals surface area contributed by atoms with Crippen LogP contribution in [0, 0.1) is 0 Å². The van der Waals surface area contributed by atoms with Crippen molar-refractivity contribution in [3.8, 4) is 0 Å². The molecule has 28 heavy (non-hydrogen) atoms. The summed E-state index contributed by atoms with van der Waals surface area (Å²) in [5.41, 5.74) is 8.95. The Morgan fingerprint density at radius 2 is 2.11 bits per heavy atom. The van der Waals surface area contributed by atoms with E-state index in [4.69, 9.17) is 21.4 Å². The summed E-state index contributed by atoms with van der Waals surface area (Å²) in [6.07, 6.45) is 5.59. The van der Waals surface area contributed by atoms with Crippen LogP contribution in [-0.4, -0.2) is 21.3 Å². The van der Waals surface area contributed by atoms with E-state index < -0.39 is 0 Å². The van der Waals surface area contributed by atoms with Crippen LogP contribution >= 0.6 is 11.6 Å². The van der Waals surface area contributed by atoms with Gasteiger partial charge >= 0.3 is 0 Å². The van der Waals surface area contributed by atoms with Crippen molar-refractivity contribution in [3.05, 3.63) is 76.0 Å². The van der Waals surface area contributed by atoms with Gasteiger partial charge in [0, 0.05) is 35.8 Å². The number of aliphatic imine (C=N–C) groups is 2. The molecule has 0 amide bonds. The van der Waals surface area contributed by atoms with Gasteiger partial charge in [0.15, 0.2) is 5.84 Å². The maximum Gasteiger partial charge on any atom is 0.240 e. The molecule has 0 fully saturated rings. The van der Waals surface area contributed by atoms with Gasteiger partial charge in [-0.15, -0.1) is 0 Å². The molecule has 0 unspecified atom stereocenters. The largest absolute Gasteiger partial charge is 0.361 e. The smallest absolute Gasteiger partial charge is 0.240 e. The number of nitrogens with one attached hydrogen (secondary N) is 1. The topological polar surface area (TPSA) is 63.8 Å². The van der Waals surface area contributed by atoms with Gasteiger partial charge < -0.3 is 4.84 Å². The van der Waals surface area contributed by atoms with E-state index in [1.165, 1.54) is 5.57 Å². The third-order valence-corrected chi connectivity index (χ3v) is 4.97. The van der Waals surface area contributed by atoms with Gasteiger partial charge in [-0.25, -0.2) is 5.48 Å². The number of hydrogen-bond acceptors (Lipinski definition) is 5. The van der Waals surface area contributed by atoms with Crippen LogP contribution in [0.4, 0.5) is 0 Å². The summed E-state index contributed by atoms with van der Waals surface area (Å²) >= 11 is 6.43. The van der Waals surface area contributed by atoms with Crippen molar-refractivity contribution >= 4 is 23.1 Å². The number of amidine groups is 1. The maximum absolute atomic E-state index is 6.43. The minimum absolute atomic E-state index is 0.327. The lowest BCUT2D eigenvalue weighted by Crippen LogP contribution is -2.17. The number of halogens is 1. The molecule has 1 aromatic carbocycles. The van der Waals surface area contributed by atoms with Crippen molar-refractivity contribution in [3.63, 3.8) is 0 Å². The summed E-state index contributed by atoms with van der Waals surface area (Å²) in [4.78, 5) is 14.0. The molecule has 6 nitrogen and oxygen atoms in total. The van der Waals surface area contributed by atoms with Crippen LogP contribution < -0.4 is 5.48 Å². The fraction of sp³-hybridized carbons (Fsp3) is 0.286. The zero-order valence-electron chi connectivity index (χ0n) is 16.6. The van der Waals surface area contributed by atoms with Crippen molar-refractivity contribution in [1.29, 1.82) is 0 Å². The Labute approximate surface area is 170 Å². The van der Waals surface area contributed by atoms with E-state index in [9.17, 15) is 0 Å². The minimum Gasteiger partial charge on any atom is -0.361 e. The summed E-state index contributed by atoms with van der Waals surface area (Å²) in [6.45, 7) is 9.81. The zero-order valence-corrected chi connectivity index (χ0v) is 17.3. The minimum atomic E-state index is 0.327. The molecule has 0 bridgehead atoms. The van der Waals surface area contributed by atoms with Crippen LogP contribution in [0.5, 0.6) is 0 Å². The van der Waals surface area contributed by atoms with E-state index in [2.05, 4.69) is 35.1 Å². The van der Waals surface area contributed by atoms with E-state index in [1.807, 2.05) is 45.4 Å². The first-order valence-corrected chi connectivity index (χ1v) is 9.41. The fourth-order valence-corrected chi connectivity index (χ4v) is 3.12. The SMILES string of the molecule is C=C1N=C(c2ccc(CC/C(C)=C(\C)N=C(C)c3cnn(C)c3)cc2Cl)NO1. The first-order chi connectivity index (χ1) is 13.3. The normalized spacial score (nSPS) is 15.1. The van der Waals surface area contributed by atoms with E-state index in [-0.39, 0.29) is 0 Å². The van der Waals surface area contributed by atoms with Gasteiger partial charge in [-0.2, -0.15) is 10.1 Å². The molecule has 0 radical (unpaired) electrons. The molecule has 0 saturated heterocycles. The standard InChI is InChI=1S/C21H24ClN5O/c1-13(14(2)24-15(3)18-11-23-27(5)12-18)6-7-17-8-9-19(20(22)10-17)21-25-16(4)28-26-21/h8-12H,4,6-7H2,1-3,5H3,(H,25,26)/b14-13+,24-15?. The first kappa shape index (κ1) is 19.9. The number of hydrogen-bond donors (Lipinski definition) is 1. The number of aromatic nitrogens is 2. The molecule has 1 aliphatic rings. The highest BCUT2D eigenvalue weighted by Crippen LogP contribution is 2.23. The van der Waals surface area contributed by atoms with Gasteiger partial charge in [0.05, 0.1) is 11.2 Å². The molecule has 146 valence electrons. The average Bonchev–Trinajstić information content (AvgIpc) is 3.28.